The number of carboxylic acids is 1. The monoisotopic (exact) mass is 267 g/mol. The predicted octanol–water partition coefficient (Wildman–Crippen LogP) is 2.36. The highest BCUT2D eigenvalue weighted by molar-refractivity contribution is 5.97. The Balaban J connectivity index is 3.01. The minimum absolute atomic E-state index is 0.143. The van der Waals surface area contributed by atoms with E-state index in [1.165, 1.54) is 12.1 Å². The van der Waals surface area contributed by atoms with Crippen LogP contribution in [0.1, 0.15) is 36.7 Å². The maximum atomic E-state index is 13.6. The first-order valence-electron chi connectivity index (χ1n) is 5.92. The van der Waals surface area contributed by atoms with Crippen molar-refractivity contribution >= 4 is 11.9 Å². The molecule has 0 aliphatic heterocycles. The van der Waals surface area contributed by atoms with Crippen molar-refractivity contribution in [2.75, 3.05) is 0 Å². The summed E-state index contributed by atoms with van der Waals surface area (Å²) in [7, 11) is 0. The van der Waals surface area contributed by atoms with E-state index in [1.54, 1.807) is 33.8 Å². The molecule has 0 aliphatic carbocycles. The standard InChI is InChI=1S/C14H18FNO3/c1-8-5-6-10(15)9(7-8)12(17)16-11(13(18)19)14(2,3)4/h5-7,11H,1-4H3,(H,16,17)(H,18,19). The molecule has 5 heteroatoms. The van der Waals surface area contributed by atoms with Gasteiger partial charge < -0.3 is 10.4 Å². The molecule has 1 aromatic rings. The van der Waals surface area contributed by atoms with Crippen LogP contribution in [0.4, 0.5) is 4.39 Å². The second kappa shape index (κ2) is 5.38. The number of aryl methyl sites for hydroxylation is 1. The van der Waals surface area contributed by atoms with Gasteiger partial charge in [0.2, 0.25) is 0 Å². The molecule has 19 heavy (non-hydrogen) atoms. The number of aliphatic carboxylic acids is 1. The van der Waals surface area contributed by atoms with Crippen LogP contribution < -0.4 is 5.32 Å². The number of hydrogen-bond donors (Lipinski definition) is 2. The van der Waals surface area contributed by atoms with Gasteiger partial charge in [-0.1, -0.05) is 32.4 Å². The summed E-state index contributed by atoms with van der Waals surface area (Å²) in [6.07, 6.45) is 0. The quantitative estimate of drug-likeness (QED) is 0.883. The Labute approximate surface area is 111 Å². The number of amides is 1. The Kier molecular flexibility index (Phi) is 4.29. The van der Waals surface area contributed by atoms with Gasteiger partial charge in [0.05, 0.1) is 5.56 Å². The summed E-state index contributed by atoms with van der Waals surface area (Å²) in [6, 6.07) is 3.05. The lowest BCUT2D eigenvalue weighted by Crippen LogP contribution is -2.49. The molecule has 2 N–H and O–H groups in total. The van der Waals surface area contributed by atoms with E-state index in [0.29, 0.717) is 0 Å². The van der Waals surface area contributed by atoms with E-state index in [-0.39, 0.29) is 5.56 Å². The minimum atomic E-state index is -1.14. The van der Waals surface area contributed by atoms with Gasteiger partial charge in [-0.3, -0.25) is 4.79 Å². The van der Waals surface area contributed by atoms with Gasteiger partial charge in [-0.2, -0.15) is 0 Å². The Hall–Kier alpha value is -1.91. The molecule has 0 bridgehead atoms. The molecule has 0 aromatic heterocycles. The number of carboxylic acid groups (broad SMARTS) is 1. The van der Waals surface area contributed by atoms with Crippen molar-refractivity contribution in [1.29, 1.82) is 0 Å². The molecule has 0 spiro atoms. The molecule has 4 nitrogen and oxygen atoms in total. The van der Waals surface area contributed by atoms with Crippen LogP contribution >= 0.6 is 0 Å². The topological polar surface area (TPSA) is 66.4 Å². The lowest BCUT2D eigenvalue weighted by molar-refractivity contribution is -0.142. The van der Waals surface area contributed by atoms with Crippen molar-refractivity contribution in [2.24, 2.45) is 5.41 Å². The molecule has 0 radical (unpaired) electrons. The smallest absolute Gasteiger partial charge is 0.326 e. The van der Waals surface area contributed by atoms with E-state index in [0.717, 1.165) is 5.56 Å². The maximum Gasteiger partial charge on any atom is 0.326 e. The highest BCUT2D eigenvalue weighted by atomic mass is 19.1. The van der Waals surface area contributed by atoms with Crippen molar-refractivity contribution in [3.05, 3.63) is 35.1 Å². The van der Waals surface area contributed by atoms with Gasteiger partial charge in [-0.15, -0.1) is 0 Å². The third-order valence-corrected chi connectivity index (χ3v) is 2.75. The number of rotatable bonds is 3. The van der Waals surface area contributed by atoms with Gasteiger partial charge >= 0.3 is 5.97 Å². The number of benzene rings is 1. The summed E-state index contributed by atoms with van der Waals surface area (Å²) in [5.41, 5.74) is -0.0772. The molecule has 0 aliphatic rings. The minimum Gasteiger partial charge on any atom is -0.480 e. The Morgan fingerprint density at radius 3 is 2.37 bits per heavy atom. The first-order valence-corrected chi connectivity index (χ1v) is 5.92. The van der Waals surface area contributed by atoms with Crippen molar-refractivity contribution < 1.29 is 19.1 Å². The van der Waals surface area contributed by atoms with Crippen molar-refractivity contribution in [2.45, 2.75) is 33.7 Å². The molecule has 0 fully saturated rings. The molecule has 0 heterocycles. The molecule has 1 unspecified atom stereocenters. The Morgan fingerprint density at radius 1 is 1.32 bits per heavy atom. The van der Waals surface area contributed by atoms with Crippen LogP contribution in [0.5, 0.6) is 0 Å². The fourth-order valence-corrected chi connectivity index (χ4v) is 1.67. The van der Waals surface area contributed by atoms with E-state index in [2.05, 4.69) is 5.32 Å². The predicted molar refractivity (Wildman–Crippen MR) is 69.5 cm³/mol. The van der Waals surface area contributed by atoms with E-state index < -0.39 is 29.2 Å². The lowest BCUT2D eigenvalue weighted by Gasteiger charge is -2.27. The third-order valence-electron chi connectivity index (χ3n) is 2.75. The van der Waals surface area contributed by atoms with E-state index >= 15 is 0 Å². The normalized spacial score (nSPS) is 12.9. The summed E-state index contributed by atoms with van der Waals surface area (Å²) in [5, 5.41) is 11.5. The van der Waals surface area contributed by atoms with E-state index in [1.807, 2.05) is 0 Å². The van der Waals surface area contributed by atoms with Crippen molar-refractivity contribution in [3.63, 3.8) is 0 Å². The SMILES string of the molecule is Cc1ccc(F)c(C(=O)NC(C(=O)O)C(C)(C)C)c1. The van der Waals surface area contributed by atoms with Crippen LogP contribution in [0.15, 0.2) is 18.2 Å². The molecule has 0 saturated carbocycles. The molecule has 1 atom stereocenters. The Bertz CT molecular complexity index is 506. The number of hydrogen-bond acceptors (Lipinski definition) is 2. The van der Waals surface area contributed by atoms with Crippen LogP contribution in [0.2, 0.25) is 0 Å². The summed E-state index contributed by atoms with van der Waals surface area (Å²) >= 11 is 0. The second-order valence-electron chi connectivity index (χ2n) is 5.59. The second-order valence-corrected chi connectivity index (χ2v) is 5.59. The van der Waals surface area contributed by atoms with Crippen molar-refractivity contribution in [3.8, 4) is 0 Å². The fourth-order valence-electron chi connectivity index (χ4n) is 1.67. The van der Waals surface area contributed by atoms with Gasteiger partial charge in [0.25, 0.3) is 5.91 Å². The number of halogens is 1. The fraction of sp³-hybridized carbons (Fsp3) is 0.429. The zero-order chi connectivity index (χ0) is 14.8. The average molecular weight is 267 g/mol. The highest BCUT2D eigenvalue weighted by Crippen LogP contribution is 2.20. The molecule has 0 saturated heterocycles. The van der Waals surface area contributed by atoms with Crippen LogP contribution in [0, 0.1) is 18.2 Å². The van der Waals surface area contributed by atoms with Gasteiger partial charge in [0.15, 0.2) is 0 Å². The molecule has 1 rings (SSSR count). The first kappa shape index (κ1) is 15.1. The van der Waals surface area contributed by atoms with Crippen LogP contribution in [-0.2, 0) is 4.79 Å². The lowest BCUT2D eigenvalue weighted by atomic mass is 9.86. The average Bonchev–Trinajstić information content (AvgIpc) is 2.26. The van der Waals surface area contributed by atoms with E-state index in [4.69, 9.17) is 5.11 Å². The summed E-state index contributed by atoms with van der Waals surface area (Å²) in [4.78, 5) is 23.1. The number of carbonyl (C=O) groups is 2. The molecule has 1 aromatic carbocycles. The molecular formula is C14H18FNO3. The summed E-state index contributed by atoms with van der Waals surface area (Å²) in [6.45, 7) is 6.81. The van der Waals surface area contributed by atoms with E-state index in [9.17, 15) is 14.0 Å². The van der Waals surface area contributed by atoms with Crippen LogP contribution in [0.25, 0.3) is 0 Å². The zero-order valence-corrected chi connectivity index (χ0v) is 11.5. The zero-order valence-electron chi connectivity index (χ0n) is 11.5. The molecule has 104 valence electrons. The molecular weight excluding hydrogens is 249 g/mol. The highest BCUT2D eigenvalue weighted by Gasteiger charge is 2.33. The first-order chi connectivity index (χ1) is 8.62. The van der Waals surface area contributed by atoms with Gasteiger partial charge in [-0.05, 0) is 24.5 Å². The maximum absolute atomic E-state index is 13.6. The largest absolute Gasteiger partial charge is 0.480 e. The van der Waals surface area contributed by atoms with Gasteiger partial charge in [0, 0.05) is 0 Å². The summed E-state index contributed by atoms with van der Waals surface area (Å²) < 4.78 is 13.6. The summed E-state index contributed by atoms with van der Waals surface area (Å²) in [5.74, 6) is -2.53. The third kappa shape index (κ3) is 3.77. The van der Waals surface area contributed by atoms with Gasteiger partial charge in [-0.25, -0.2) is 9.18 Å². The number of carbonyl (C=O) groups excluding carboxylic acids is 1. The molecule has 1 amide bonds. The van der Waals surface area contributed by atoms with Crippen LogP contribution in [-0.4, -0.2) is 23.0 Å². The van der Waals surface area contributed by atoms with Gasteiger partial charge in [0.1, 0.15) is 11.9 Å². The Morgan fingerprint density at radius 2 is 1.89 bits per heavy atom. The number of nitrogens with one attached hydrogen (secondary N) is 1. The van der Waals surface area contributed by atoms with Crippen molar-refractivity contribution in [1.82, 2.24) is 5.32 Å². The van der Waals surface area contributed by atoms with Crippen LogP contribution in [0.3, 0.4) is 0 Å².